The van der Waals surface area contributed by atoms with Gasteiger partial charge < -0.3 is 0 Å². The van der Waals surface area contributed by atoms with Crippen LogP contribution in [0.3, 0.4) is 0 Å². The molecule has 0 N–H and O–H groups in total. The summed E-state index contributed by atoms with van der Waals surface area (Å²) < 4.78 is 45.9. The lowest BCUT2D eigenvalue weighted by atomic mass is 10.3. The molecule has 0 amide bonds. The van der Waals surface area contributed by atoms with Gasteiger partial charge in [0.2, 0.25) is 13.7 Å². The van der Waals surface area contributed by atoms with Gasteiger partial charge in [-0.15, -0.1) is 26.9 Å². The summed E-state index contributed by atoms with van der Waals surface area (Å²) in [6.45, 7) is 4.50. The van der Waals surface area contributed by atoms with Gasteiger partial charge in [-0.3, -0.25) is 0 Å². The number of rotatable bonds is 7. The molecule has 128 valence electrons. The van der Waals surface area contributed by atoms with Crippen molar-refractivity contribution in [1.82, 2.24) is 3.71 Å². The first-order valence-corrected chi connectivity index (χ1v) is 11.2. The van der Waals surface area contributed by atoms with Gasteiger partial charge in [0, 0.05) is 7.05 Å². The Morgan fingerprint density at radius 2 is 1.48 bits per heavy atom. The maximum Gasteiger partial charge on any atom is 0.224 e. The van der Waals surface area contributed by atoms with Gasteiger partial charge in [-0.2, -0.15) is 0 Å². The van der Waals surface area contributed by atoms with Gasteiger partial charge in [-0.1, -0.05) is 23.2 Å². The molecule has 0 saturated carbocycles. The van der Waals surface area contributed by atoms with E-state index in [0.29, 0.717) is 11.9 Å². The lowest BCUT2D eigenvalue weighted by Gasteiger charge is -2.26. The first kappa shape index (κ1) is 22.4. The standard InChI is InChI=1S/C9H17Cl4NO4S3/c1-8(2,3)20(15,16)5-6-21(17,18)14(4)19-9(12,13)7(10)11/h7H,5-6H2,1-4H3. The Hall–Kier alpha value is 1.37. The van der Waals surface area contributed by atoms with Crippen molar-refractivity contribution in [3.8, 4) is 0 Å². The molecule has 0 saturated heterocycles. The number of halogens is 4. The third kappa shape index (κ3) is 6.79. The zero-order chi connectivity index (χ0) is 17.3. The number of hydrogen-bond acceptors (Lipinski definition) is 5. The van der Waals surface area contributed by atoms with Crippen LogP contribution >= 0.6 is 58.4 Å². The van der Waals surface area contributed by atoms with Gasteiger partial charge in [0.25, 0.3) is 0 Å². The van der Waals surface area contributed by atoms with E-state index in [1.165, 1.54) is 27.8 Å². The van der Waals surface area contributed by atoms with E-state index in [-0.39, 0.29) is 0 Å². The fraction of sp³-hybridized carbons (Fsp3) is 1.00. The van der Waals surface area contributed by atoms with Crippen LogP contribution in [0, 0.1) is 0 Å². The van der Waals surface area contributed by atoms with Crippen LogP contribution in [-0.4, -0.2) is 52.3 Å². The van der Waals surface area contributed by atoms with Crippen LogP contribution < -0.4 is 0 Å². The van der Waals surface area contributed by atoms with E-state index in [1.807, 2.05) is 0 Å². The van der Waals surface area contributed by atoms with Crippen molar-refractivity contribution >= 4 is 78.2 Å². The third-order valence-electron chi connectivity index (χ3n) is 2.44. The molecule has 0 unspecified atom stereocenters. The van der Waals surface area contributed by atoms with Gasteiger partial charge >= 0.3 is 0 Å². The minimum Gasteiger partial charge on any atom is -0.228 e. The summed E-state index contributed by atoms with van der Waals surface area (Å²) in [5.41, 5.74) is 0. The van der Waals surface area contributed by atoms with Crippen LogP contribution in [0.15, 0.2) is 0 Å². The summed E-state index contributed by atoms with van der Waals surface area (Å²) in [7, 11) is -6.25. The van der Waals surface area contributed by atoms with Crippen molar-refractivity contribution in [2.45, 2.75) is 34.0 Å². The first-order valence-electron chi connectivity index (χ1n) is 5.57. The van der Waals surface area contributed by atoms with Crippen LogP contribution in [-0.2, 0) is 19.9 Å². The molecule has 0 radical (unpaired) electrons. The summed E-state index contributed by atoms with van der Waals surface area (Å²) in [6, 6.07) is 0. The predicted molar refractivity (Wildman–Crippen MR) is 92.6 cm³/mol. The lowest BCUT2D eigenvalue weighted by Crippen LogP contribution is -2.36. The highest BCUT2D eigenvalue weighted by Crippen LogP contribution is 2.44. The highest BCUT2D eigenvalue weighted by molar-refractivity contribution is 8.11. The van der Waals surface area contributed by atoms with Gasteiger partial charge in [-0.25, -0.2) is 16.8 Å². The first-order chi connectivity index (χ1) is 9.03. The molecule has 0 bridgehead atoms. The number of sulfonamides is 1. The molecule has 0 rings (SSSR count). The molecule has 0 aromatic heterocycles. The Balaban J connectivity index is 4.95. The van der Waals surface area contributed by atoms with Gasteiger partial charge in [0.05, 0.1) is 16.3 Å². The normalized spacial score (nSPS) is 15.0. The smallest absolute Gasteiger partial charge is 0.224 e. The molecule has 0 aliphatic rings. The summed E-state index contributed by atoms with van der Waals surface area (Å²) in [5.74, 6) is -1.10. The van der Waals surface area contributed by atoms with Crippen molar-refractivity contribution in [1.29, 1.82) is 0 Å². The minimum absolute atomic E-state index is 0.492. The average molecular weight is 441 g/mol. The maximum atomic E-state index is 12.0. The van der Waals surface area contributed by atoms with Crippen LogP contribution in [0.2, 0.25) is 0 Å². The molecule has 0 atom stereocenters. The highest BCUT2D eigenvalue weighted by Gasteiger charge is 2.39. The molecule has 0 aromatic carbocycles. The second kappa shape index (κ2) is 7.51. The zero-order valence-electron chi connectivity index (χ0n) is 11.8. The molecule has 0 spiro atoms. The summed E-state index contributed by atoms with van der Waals surface area (Å²) in [5, 5.41) is 0. The molecular weight excluding hydrogens is 424 g/mol. The van der Waals surface area contributed by atoms with Crippen molar-refractivity contribution in [2.75, 3.05) is 18.6 Å². The highest BCUT2D eigenvalue weighted by atomic mass is 35.5. The number of sulfone groups is 1. The van der Waals surface area contributed by atoms with Gasteiger partial charge in [0.1, 0.15) is 0 Å². The van der Waals surface area contributed by atoms with Crippen LogP contribution in [0.25, 0.3) is 0 Å². The van der Waals surface area contributed by atoms with Crippen molar-refractivity contribution < 1.29 is 16.8 Å². The number of alkyl halides is 4. The minimum atomic E-state index is -3.89. The zero-order valence-corrected chi connectivity index (χ0v) is 17.3. The maximum absolute atomic E-state index is 12.0. The summed E-state index contributed by atoms with van der Waals surface area (Å²) >= 11 is 23.1. The molecule has 12 heteroatoms. The average Bonchev–Trinajstić information content (AvgIpc) is 2.24. The molecular formula is C9H17Cl4NO4S3. The third-order valence-corrected chi connectivity index (χ3v) is 10.7. The monoisotopic (exact) mass is 439 g/mol. The number of hydrogen-bond donors (Lipinski definition) is 0. The lowest BCUT2D eigenvalue weighted by molar-refractivity contribution is 0.553. The summed E-state index contributed by atoms with van der Waals surface area (Å²) in [6.07, 6.45) is 0. The molecule has 21 heavy (non-hydrogen) atoms. The van der Waals surface area contributed by atoms with E-state index >= 15 is 0 Å². The Bertz CT molecular complexity index is 554. The Labute approximate surface area is 150 Å². The fourth-order valence-electron chi connectivity index (χ4n) is 0.918. The Kier molecular flexibility index (Phi) is 8.00. The SMILES string of the molecule is CN(SC(Cl)(Cl)C(Cl)Cl)S(=O)(=O)CCS(=O)(=O)C(C)(C)C. The van der Waals surface area contributed by atoms with E-state index in [1.54, 1.807) is 0 Å². The van der Waals surface area contributed by atoms with E-state index in [4.69, 9.17) is 46.4 Å². The predicted octanol–water partition coefficient (Wildman–Crippen LogP) is 3.04. The second-order valence-corrected chi connectivity index (χ2v) is 14.6. The quantitative estimate of drug-likeness (QED) is 0.449. The summed E-state index contributed by atoms with van der Waals surface area (Å²) in [4.78, 5) is -1.23. The Morgan fingerprint density at radius 1 is 1.05 bits per heavy atom. The van der Waals surface area contributed by atoms with Crippen LogP contribution in [0.1, 0.15) is 20.8 Å². The molecule has 0 aromatic rings. The molecule has 5 nitrogen and oxygen atoms in total. The van der Waals surface area contributed by atoms with Gasteiger partial charge in [0.15, 0.2) is 14.7 Å². The van der Waals surface area contributed by atoms with Crippen LogP contribution in [0.4, 0.5) is 0 Å². The molecule has 0 heterocycles. The van der Waals surface area contributed by atoms with E-state index in [9.17, 15) is 16.8 Å². The van der Waals surface area contributed by atoms with E-state index < -0.39 is 44.6 Å². The van der Waals surface area contributed by atoms with Crippen molar-refractivity contribution in [2.24, 2.45) is 0 Å². The molecule has 0 aliphatic heterocycles. The van der Waals surface area contributed by atoms with Crippen LogP contribution in [0.5, 0.6) is 0 Å². The van der Waals surface area contributed by atoms with E-state index in [2.05, 4.69) is 0 Å². The second-order valence-electron chi connectivity index (χ2n) is 5.11. The Morgan fingerprint density at radius 3 is 1.81 bits per heavy atom. The largest absolute Gasteiger partial charge is 0.228 e. The van der Waals surface area contributed by atoms with Crippen molar-refractivity contribution in [3.63, 3.8) is 0 Å². The van der Waals surface area contributed by atoms with Gasteiger partial charge in [-0.05, 0) is 32.7 Å². The number of nitrogens with zero attached hydrogens (tertiary/aromatic N) is 1. The topological polar surface area (TPSA) is 71.5 Å². The molecule has 0 aliphatic carbocycles. The van der Waals surface area contributed by atoms with Crippen molar-refractivity contribution in [3.05, 3.63) is 0 Å². The molecule has 0 fully saturated rings. The fourth-order valence-corrected chi connectivity index (χ4v) is 6.07. The van der Waals surface area contributed by atoms with E-state index in [0.717, 1.165) is 3.71 Å².